The molecular weight excluding hydrogens is 226 g/mol. The fraction of sp³-hybridized carbons (Fsp3) is 1.00. The van der Waals surface area contributed by atoms with E-state index in [-0.39, 0.29) is 18.4 Å². The van der Waals surface area contributed by atoms with Crippen molar-refractivity contribution >= 4 is 10.0 Å². The summed E-state index contributed by atoms with van der Waals surface area (Å²) in [5, 5.41) is 0. The van der Waals surface area contributed by atoms with Crippen molar-refractivity contribution in [3.05, 3.63) is 0 Å². The minimum atomic E-state index is -3.17. The number of sulfonamides is 1. The number of hydrogen-bond donors (Lipinski definition) is 1. The predicted molar refractivity (Wildman–Crippen MR) is 64.8 cm³/mol. The minimum Gasteiger partial charge on any atom is -0.384 e. The third-order valence-electron chi connectivity index (χ3n) is 3.59. The number of rotatable bonds is 5. The lowest BCUT2D eigenvalue weighted by atomic mass is 9.78. The molecule has 1 aliphatic carbocycles. The second-order valence-electron chi connectivity index (χ2n) is 4.80. The van der Waals surface area contributed by atoms with E-state index in [4.69, 9.17) is 4.74 Å². The number of hydrogen-bond acceptors (Lipinski definition) is 3. The first-order valence-electron chi connectivity index (χ1n) is 5.95. The summed E-state index contributed by atoms with van der Waals surface area (Å²) >= 11 is 0. The monoisotopic (exact) mass is 249 g/mol. The summed E-state index contributed by atoms with van der Waals surface area (Å²) in [4.78, 5) is 0. The second-order valence-corrected chi connectivity index (χ2v) is 6.68. The number of nitrogens with one attached hydrogen (secondary N) is 1. The quantitative estimate of drug-likeness (QED) is 0.801. The van der Waals surface area contributed by atoms with Crippen molar-refractivity contribution in [3.63, 3.8) is 0 Å². The Bertz CT molecular complexity index is 302. The normalized spacial score (nSPS) is 31.6. The van der Waals surface area contributed by atoms with Crippen LogP contribution in [-0.2, 0) is 14.8 Å². The average Bonchev–Trinajstić information content (AvgIpc) is 2.22. The van der Waals surface area contributed by atoms with Crippen LogP contribution in [0.25, 0.3) is 0 Å². The lowest BCUT2D eigenvalue weighted by molar-refractivity contribution is 0.213. The van der Waals surface area contributed by atoms with Gasteiger partial charge in [0.25, 0.3) is 0 Å². The van der Waals surface area contributed by atoms with Crippen LogP contribution in [0.5, 0.6) is 0 Å². The smallest absolute Gasteiger partial charge is 0.214 e. The summed E-state index contributed by atoms with van der Waals surface area (Å²) in [7, 11) is -1.66. The van der Waals surface area contributed by atoms with E-state index in [1.54, 1.807) is 0 Å². The fourth-order valence-electron chi connectivity index (χ4n) is 2.23. The number of methoxy groups -OCH3 is 1. The van der Waals surface area contributed by atoms with Crippen molar-refractivity contribution < 1.29 is 13.2 Å². The predicted octanol–water partition coefficient (Wildman–Crippen LogP) is 1.38. The van der Waals surface area contributed by atoms with Gasteiger partial charge < -0.3 is 4.74 Å². The van der Waals surface area contributed by atoms with Crippen molar-refractivity contribution in [2.24, 2.45) is 11.8 Å². The molecule has 1 fully saturated rings. The van der Waals surface area contributed by atoms with Gasteiger partial charge in [-0.25, -0.2) is 13.1 Å². The van der Waals surface area contributed by atoms with Crippen LogP contribution in [0.15, 0.2) is 0 Å². The van der Waals surface area contributed by atoms with Gasteiger partial charge in [0.15, 0.2) is 0 Å². The summed E-state index contributed by atoms with van der Waals surface area (Å²) in [6.45, 7) is 4.58. The van der Waals surface area contributed by atoms with E-state index in [0.717, 1.165) is 12.8 Å². The number of ether oxygens (including phenoxy) is 1. The summed E-state index contributed by atoms with van der Waals surface area (Å²) < 4.78 is 31.0. The molecule has 16 heavy (non-hydrogen) atoms. The molecule has 0 saturated heterocycles. The Morgan fingerprint density at radius 3 is 2.62 bits per heavy atom. The van der Waals surface area contributed by atoms with Gasteiger partial charge in [-0.15, -0.1) is 0 Å². The van der Waals surface area contributed by atoms with Gasteiger partial charge in [-0.1, -0.05) is 26.7 Å². The molecule has 5 heteroatoms. The van der Waals surface area contributed by atoms with E-state index in [2.05, 4.69) is 18.6 Å². The second kappa shape index (κ2) is 5.98. The molecule has 1 saturated carbocycles. The van der Waals surface area contributed by atoms with E-state index < -0.39 is 10.0 Å². The van der Waals surface area contributed by atoms with Crippen molar-refractivity contribution in [3.8, 4) is 0 Å². The molecule has 0 amide bonds. The van der Waals surface area contributed by atoms with Gasteiger partial charge in [0.05, 0.1) is 12.4 Å². The summed E-state index contributed by atoms with van der Waals surface area (Å²) in [6, 6.07) is 0.102. The Kier molecular flexibility index (Phi) is 5.21. The van der Waals surface area contributed by atoms with E-state index >= 15 is 0 Å². The minimum absolute atomic E-state index is 0.0566. The maximum Gasteiger partial charge on any atom is 0.214 e. The van der Waals surface area contributed by atoms with Gasteiger partial charge in [-0.3, -0.25) is 0 Å². The lowest BCUT2D eigenvalue weighted by Gasteiger charge is -2.34. The first-order chi connectivity index (χ1) is 7.46. The van der Waals surface area contributed by atoms with Crippen LogP contribution < -0.4 is 4.72 Å². The molecule has 1 N–H and O–H groups in total. The molecule has 0 heterocycles. The van der Waals surface area contributed by atoms with Gasteiger partial charge in [-0.05, 0) is 18.3 Å². The molecule has 0 spiro atoms. The van der Waals surface area contributed by atoms with Crippen LogP contribution in [0.1, 0.15) is 33.1 Å². The SMILES string of the molecule is COCCS(=O)(=O)N[C@@H]1CCC[C@@H](C)[C@H]1C. The first-order valence-corrected chi connectivity index (χ1v) is 7.60. The molecule has 1 rings (SSSR count). The summed E-state index contributed by atoms with van der Waals surface area (Å²) in [6.07, 6.45) is 3.28. The average molecular weight is 249 g/mol. The van der Waals surface area contributed by atoms with Crippen molar-refractivity contribution in [1.82, 2.24) is 4.72 Å². The van der Waals surface area contributed by atoms with Crippen molar-refractivity contribution in [1.29, 1.82) is 0 Å². The van der Waals surface area contributed by atoms with Crippen molar-refractivity contribution in [2.75, 3.05) is 19.5 Å². The Balaban J connectivity index is 2.52. The van der Waals surface area contributed by atoms with E-state index in [0.29, 0.717) is 11.8 Å². The highest BCUT2D eigenvalue weighted by molar-refractivity contribution is 7.89. The Labute approximate surface area is 98.8 Å². The molecule has 0 aromatic rings. The molecule has 0 aromatic carbocycles. The highest BCUT2D eigenvalue weighted by Crippen LogP contribution is 2.29. The molecule has 0 aromatic heterocycles. The Morgan fingerprint density at radius 2 is 2.00 bits per heavy atom. The van der Waals surface area contributed by atoms with E-state index in [1.807, 2.05) is 0 Å². The third-order valence-corrected chi connectivity index (χ3v) is 4.96. The molecule has 0 unspecified atom stereocenters. The summed E-state index contributed by atoms with van der Waals surface area (Å²) in [5.74, 6) is 1.08. The summed E-state index contributed by atoms with van der Waals surface area (Å²) in [5.41, 5.74) is 0. The Morgan fingerprint density at radius 1 is 1.31 bits per heavy atom. The van der Waals surface area contributed by atoms with Crippen LogP contribution >= 0.6 is 0 Å². The maximum atomic E-state index is 11.7. The van der Waals surface area contributed by atoms with Crippen molar-refractivity contribution in [2.45, 2.75) is 39.2 Å². The van der Waals surface area contributed by atoms with E-state index in [9.17, 15) is 8.42 Å². The molecule has 0 aliphatic heterocycles. The molecule has 3 atom stereocenters. The third kappa shape index (κ3) is 4.03. The maximum absolute atomic E-state index is 11.7. The van der Waals surface area contributed by atoms with Gasteiger partial charge in [0, 0.05) is 13.2 Å². The largest absolute Gasteiger partial charge is 0.384 e. The highest BCUT2D eigenvalue weighted by Gasteiger charge is 2.29. The molecule has 0 bridgehead atoms. The topological polar surface area (TPSA) is 55.4 Å². The standard InChI is InChI=1S/C11H23NO3S/c1-9-5-4-6-11(10(9)2)12-16(13,14)8-7-15-3/h9-12H,4-8H2,1-3H3/t9-,10-,11-/m1/s1. The molecular formula is C11H23NO3S. The van der Waals surface area contributed by atoms with Crippen LogP contribution in [0, 0.1) is 11.8 Å². The van der Waals surface area contributed by atoms with Crippen LogP contribution in [0.4, 0.5) is 0 Å². The van der Waals surface area contributed by atoms with Gasteiger partial charge in [0.2, 0.25) is 10.0 Å². The van der Waals surface area contributed by atoms with Gasteiger partial charge in [0.1, 0.15) is 0 Å². The molecule has 0 radical (unpaired) electrons. The first kappa shape index (κ1) is 13.9. The van der Waals surface area contributed by atoms with Crippen LogP contribution in [-0.4, -0.2) is 33.9 Å². The molecule has 96 valence electrons. The highest BCUT2D eigenvalue weighted by atomic mass is 32.2. The van der Waals surface area contributed by atoms with Gasteiger partial charge >= 0.3 is 0 Å². The van der Waals surface area contributed by atoms with Crippen LogP contribution in [0.2, 0.25) is 0 Å². The van der Waals surface area contributed by atoms with Crippen LogP contribution in [0.3, 0.4) is 0 Å². The Hall–Kier alpha value is -0.130. The molecule has 4 nitrogen and oxygen atoms in total. The fourth-order valence-corrected chi connectivity index (χ4v) is 3.53. The molecule has 1 aliphatic rings. The van der Waals surface area contributed by atoms with Gasteiger partial charge in [-0.2, -0.15) is 0 Å². The lowest BCUT2D eigenvalue weighted by Crippen LogP contribution is -2.44. The zero-order valence-corrected chi connectivity index (χ0v) is 11.2. The van der Waals surface area contributed by atoms with E-state index in [1.165, 1.54) is 13.5 Å². The zero-order valence-electron chi connectivity index (χ0n) is 10.4. The zero-order chi connectivity index (χ0) is 12.2.